The van der Waals surface area contributed by atoms with Gasteiger partial charge in [0.15, 0.2) is 5.78 Å². The number of para-hydroxylation sites is 2. The van der Waals surface area contributed by atoms with Crippen LogP contribution in [0.25, 0.3) is 0 Å². The van der Waals surface area contributed by atoms with Crippen LogP contribution in [0.4, 0.5) is 0 Å². The van der Waals surface area contributed by atoms with Crippen molar-refractivity contribution < 1.29 is 23.1 Å². The fourth-order valence-corrected chi connectivity index (χ4v) is 5.00. The van der Waals surface area contributed by atoms with Crippen LogP contribution in [-0.2, 0) is 4.57 Å². The second-order valence-electron chi connectivity index (χ2n) is 7.36. The van der Waals surface area contributed by atoms with Crippen LogP contribution < -0.4 is 24.6 Å². The monoisotopic (exact) mass is 454 g/mol. The lowest BCUT2D eigenvalue weighted by Crippen LogP contribution is -2.47. The fourth-order valence-electron chi connectivity index (χ4n) is 2.95. The quantitative estimate of drug-likeness (QED) is 0.321. The van der Waals surface area contributed by atoms with E-state index in [-0.39, 0.29) is 11.8 Å². The number of carbonyl (C=O) groups excluding carboxylic acids is 1. The van der Waals surface area contributed by atoms with E-state index in [4.69, 9.17) is 13.8 Å². The standard InChI is InChI=1S/C24H27N2O5P/c1-18(2)24(26-25-23(27)19-14-16-20(29-3)17-15-19)32(28,30-21-10-6-4-7-11-21)31-22-12-8-5-9-13-22/h4-18,24,26H,1-3H3,(H,25,27). The average molecular weight is 454 g/mol. The number of hydrogen-bond acceptors (Lipinski definition) is 6. The van der Waals surface area contributed by atoms with Crippen LogP contribution in [0.1, 0.15) is 24.2 Å². The van der Waals surface area contributed by atoms with Crippen molar-refractivity contribution in [3.63, 3.8) is 0 Å². The summed E-state index contributed by atoms with van der Waals surface area (Å²) in [6, 6.07) is 24.3. The molecule has 0 heterocycles. The Kier molecular flexibility index (Phi) is 7.92. The lowest BCUT2D eigenvalue weighted by atomic mass is 10.2. The van der Waals surface area contributed by atoms with Crippen LogP contribution >= 0.6 is 7.60 Å². The van der Waals surface area contributed by atoms with Gasteiger partial charge in [-0.2, -0.15) is 0 Å². The largest absolute Gasteiger partial charge is 0.497 e. The molecular weight excluding hydrogens is 427 g/mol. The van der Waals surface area contributed by atoms with Crippen LogP contribution in [-0.4, -0.2) is 18.8 Å². The summed E-state index contributed by atoms with van der Waals surface area (Å²) in [6.45, 7) is 3.74. The maximum atomic E-state index is 14.1. The molecule has 7 nitrogen and oxygen atoms in total. The Balaban J connectivity index is 1.83. The van der Waals surface area contributed by atoms with Crippen LogP contribution in [0.2, 0.25) is 0 Å². The summed E-state index contributed by atoms with van der Waals surface area (Å²) < 4.78 is 31.0. The SMILES string of the molecule is COc1ccc(C(=O)NNC(C(C)C)P(=O)(Oc2ccccc2)Oc2ccccc2)cc1. The highest BCUT2D eigenvalue weighted by Crippen LogP contribution is 2.53. The molecule has 2 N–H and O–H groups in total. The van der Waals surface area contributed by atoms with E-state index in [0.29, 0.717) is 22.8 Å². The molecule has 32 heavy (non-hydrogen) atoms. The number of nitrogens with one attached hydrogen (secondary N) is 2. The molecular formula is C24H27N2O5P. The minimum atomic E-state index is -3.84. The van der Waals surface area contributed by atoms with E-state index in [1.54, 1.807) is 79.9 Å². The van der Waals surface area contributed by atoms with E-state index in [1.165, 1.54) is 0 Å². The summed E-state index contributed by atoms with van der Waals surface area (Å²) in [4.78, 5) is 12.6. The Hall–Kier alpha value is -3.28. The van der Waals surface area contributed by atoms with E-state index in [9.17, 15) is 9.36 Å². The lowest BCUT2D eigenvalue weighted by molar-refractivity contribution is 0.0926. The van der Waals surface area contributed by atoms with Gasteiger partial charge in [0, 0.05) is 5.56 Å². The van der Waals surface area contributed by atoms with E-state index in [2.05, 4.69) is 10.9 Å². The Labute approximate surface area is 188 Å². The van der Waals surface area contributed by atoms with Crippen molar-refractivity contribution in [3.05, 3.63) is 90.5 Å². The Morgan fingerprint density at radius 1 is 0.781 bits per heavy atom. The fraction of sp³-hybridized carbons (Fsp3) is 0.208. The molecule has 8 heteroatoms. The van der Waals surface area contributed by atoms with Crippen molar-refractivity contribution in [1.82, 2.24) is 10.9 Å². The highest BCUT2D eigenvalue weighted by molar-refractivity contribution is 7.55. The van der Waals surface area contributed by atoms with Crippen molar-refractivity contribution in [2.75, 3.05) is 7.11 Å². The number of amides is 1. The third kappa shape index (κ3) is 6.13. The Morgan fingerprint density at radius 3 is 1.72 bits per heavy atom. The van der Waals surface area contributed by atoms with Gasteiger partial charge in [0.1, 0.15) is 17.2 Å². The van der Waals surface area contributed by atoms with E-state index >= 15 is 0 Å². The second-order valence-corrected chi connectivity index (χ2v) is 9.37. The maximum Gasteiger partial charge on any atom is 0.449 e. The van der Waals surface area contributed by atoms with Gasteiger partial charge in [-0.15, -0.1) is 0 Å². The first-order valence-electron chi connectivity index (χ1n) is 10.2. The summed E-state index contributed by atoms with van der Waals surface area (Å²) in [5.41, 5.74) is 5.94. The molecule has 3 rings (SSSR count). The number of carbonyl (C=O) groups is 1. The zero-order chi connectivity index (χ0) is 23.0. The minimum Gasteiger partial charge on any atom is -0.497 e. The molecule has 0 aliphatic heterocycles. The Bertz CT molecular complexity index is 998. The number of hydrogen-bond donors (Lipinski definition) is 2. The van der Waals surface area contributed by atoms with Gasteiger partial charge < -0.3 is 13.8 Å². The van der Waals surface area contributed by atoms with Gasteiger partial charge >= 0.3 is 7.60 Å². The molecule has 1 amide bonds. The molecule has 1 atom stereocenters. The molecule has 1 unspecified atom stereocenters. The van der Waals surface area contributed by atoms with Crippen LogP contribution in [0.5, 0.6) is 17.2 Å². The molecule has 0 spiro atoms. The van der Waals surface area contributed by atoms with Crippen LogP contribution in [0.3, 0.4) is 0 Å². The van der Waals surface area contributed by atoms with E-state index in [1.807, 2.05) is 26.0 Å². The van der Waals surface area contributed by atoms with Crippen LogP contribution in [0, 0.1) is 5.92 Å². The second kappa shape index (κ2) is 10.8. The number of benzene rings is 3. The molecule has 0 aliphatic rings. The molecule has 0 aliphatic carbocycles. The van der Waals surface area contributed by atoms with Gasteiger partial charge in [0.05, 0.1) is 7.11 Å². The molecule has 3 aromatic carbocycles. The van der Waals surface area contributed by atoms with E-state index in [0.717, 1.165) is 0 Å². The topological polar surface area (TPSA) is 85.9 Å². The van der Waals surface area contributed by atoms with Crippen molar-refractivity contribution >= 4 is 13.5 Å². The lowest BCUT2D eigenvalue weighted by Gasteiger charge is -2.30. The molecule has 0 aromatic heterocycles. The van der Waals surface area contributed by atoms with Gasteiger partial charge in [0.25, 0.3) is 5.91 Å². The number of rotatable bonds is 10. The summed E-state index contributed by atoms with van der Waals surface area (Å²) in [5.74, 6) is 0.0341. The van der Waals surface area contributed by atoms with Gasteiger partial charge in [-0.3, -0.25) is 10.2 Å². The third-order valence-electron chi connectivity index (χ3n) is 4.61. The predicted molar refractivity (Wildman–Crippen MR) is 124 cm³/mol. The number of methoxy groups -OCH3 is 1. The third-order valence-corrected chi connectivity index (χ3v) is 6.95. The maximum absolute atomic E-state index is 14.1. The van der Waals surface area contributed by atoms with Gasteiger partial charge in [0.2, 0.25) is 0 Å². The molecule has 168 valence electrons. The summed E-state index contributed by atoms with van der Waals surface area (Å²) >= 11 is 0. The smallest absolute Gasteiger partial charge is 0.449 e. The Morgan fingerprint density at radius 2 is 1.28 bits per heavy atom. The molecule has 0 bridgehead atoms. The van der Waals surface area contributed by atoms with Gasteiger partial charge in [-0.1, -0.05) is 50.2 Å². The van der Waals surface area contributed by atoms with Gasteiger partial charge in [-0.05, 0) is 54.4 Å². The summed E-state index contributed by atoms with van der Waals surface area (Å²) in [7, 11) is -2.28. The zero-order valence-corrected chi connectivity index (χ0v) is 19.1. The first-order chi connectivity index (χ1) is 15.4. The predicted octanol–water partition coefficient (Wildman–Crippen LogP) is 5.26. The molecule has 0 saturated carbocycles. The van der Waals surface area contributed by atoms with E-state index < -0.39 is 13.4 Å². The number of hydrazine groups is 1. The number of ether oxygens (including phenoxy) is 1. The minimum absolute atomic E-state index is 0.204. The van der Waals surface area contributed by atoms with Crippen LogP contribution in [0.15, 0.2) is 84.9 Å². The first kappa shape index (κ1) is 23.4. The highest BCUT2D eigenvalue weighted by Gasteiger charge is 2.42. The van der Waals surface area contributed by atoms with Crippen molar-refractivity contribution in [1.29, 1.82) is 0 Å². The first-order valence-corrected chi connectivity index (χ1v) is 11.8. The normalized spacial score (nSPS) is 12.1. The van der Waals surface area contributed by atoms with Crippen molar-refractivity contribution in [3.8, 4) is 17.2 Å². The molecule has 0 saturated heterocycles. The summed E-state index contributed by atoms with van der Waals surface area (Å²) in [5, 5.41) is 0. The molecule has 0 radical (unpaired) electrons. The van der Waals surface area contributed by atoms with Gasteiger partial charge in [-0.25, -0.2) is 9.99 Å². The van der Waals surface area contributed by atoms with Crippen molar-refractivity contribution in [2.45, 2.75) is 19.6 Å². The molecule has 0 fully saturated rings. The molecule has 3 aromatic rings. The summed E-state index contributed by atoms with van der Waals surface area (Å²) in [6.07, 6.45) is 0. The zero-order valence-electron chi connectivity index (χ0n) is 18.2. The highest BCUT2D eigenvalue weighted by atomic mass is 31.2. The van der Waals surface area contributed by atoms with Crippen molar-refractivity contribution in [2.24, 2.45) is 5.92 Å². The average Bonchev–Trinajstić information content (AvgIpc) is 2.80.